The van der Waals surface area contributed by atoms with Gasteiger partial charge >= 0.3 is 0 Å². The fourth-order valence-electron chi connectivity index (χ4n) is 2.34. The maximum Gasteiger partial charge on any atom is 0.233 e. The first kappa shape index (κ1) is 10.5. The Labute approximate surface area is 98.8 Å². The van der Waals surface area contributed by atoms with Crippen molar-refractivity contribution in [1.82, 2.24) is 10.2 Å². The Balaban J connectivity index is 1.70. The van der Waals surface area contributed by atoms with E-state index in [0.29, 0.717) is 12.3 Å². The maximum atomic E-state index is 11.7. The minimum absolute atomic E-state index is 0.0331. The number of fused-ring (bicyclic) bond motifs is 1. The van der Waals surface area contributed by atoms with Crippen molar-refractivity contribution in [2.75, 3.05) is 7.05 Å². The summed E-state index contributed by atoms with van der Waals surface area (Å²) in [7, 11) is 1.84. The second-order valence-corrected chi connectivity index (χ2v) is 4.61. The second-order valence-electron chi connectivity index (χ2n) is 4.61. The Hall–Kier alpha value is -1.62. The quantitative estimate of drug-likeness (QED) is 0.771. The van der Waals surface area contributed by atoms with Gasteiger partial charge in [-0.25, -0.2) is 0 Å². The Morgan fingerprint density at radius 1 is 1.29 bits per heavy atom. The lowest BCUT2D eigenvalue weighted by Gasteiger charge is -2.14. The molecule has 0 bridgehead atoms. The zero-order valence-electron chi connectivity index (χ0n) is 9.60. The number of nitrogens with one attached hydrogen (secondary N) is 1. The van der Waals surface area contributed by atoms with Gasteiger partial charge in [0, 0.05) is 0 Å². The van der Waals surface area contributed by atoms with E-state index >= 15 is 0 Å². The third kappa shape index (κ3) is 1.67. The molecule has 1 saturated carbocycles. The monoisotopic (exact) mass is 234 g/mol. The minimum Gasteiger partial charge on any atom is -0.463 e. The largest absolute Gasteiger partial charge is 0.463 e. The molecule has 2 fully saturated rings. The zero-order valence-corrected chi connectivity index (χ0v) is 9.60. The average molecular weight is 234 g/mol. The fraction of sp³-hybridized carbons (Fsp3) is 0.500. The summed E-state index contributed by atoms with van der Waals surface area (Å²) in [6.45, 7) is 0.918. The van der Waals surface area contributed by atoms with Gasteiger partial charge in [-0.15, -0.1) is 0 Å². The standard InChI is InChI=1S/C12H14N2O3/c1-13-5-7-2-3-8(17-7)6-14-11(15)9-4-10(9)12(14)16/h2-3,9-10,13H,4-6H2,1H3. The molecule has 0 radical (unpaired) electrons. The van der Waals surface area contributed by atoms with Crippen LogP contribution in [0, 0.1) is 11.8 Å². The number of nitrogens with zero attached hydrogens (tertiary/aromatic N) is 1. The van der Waals surface area contributed by atoms with Crippen molar-refractivity contribution in [3.8, 4) is 0 Å². The van der Waals surface area contributed by atoms with Crippen LogP contribution in [0.15, 0.2) is 16.5 Å². The number of hydrogen-bond acceptors (Lipinski definition) is 4. The highest BCUT2D eigenvalue weighted by Crippen LogP contribution is 2.47. The summed E-state index contributed by atoms with van der Waals surface area (Å²) < 4.78 is 5.52. The summed E-state index contributed by atoms with van der Waals surface area (Å²) in [5.74, 6) is 1.34. The van der Waals surface area contributed by atoms with E-state index in [0.717, 1.165) is 12.2 Å². The van der Waals surface area contributed by atoms with Crippen LogP contribution in [0.4, 0.5) is 0 Å². The summed E-state index contributed by atoms with van der Waals surface area (Å²) in [6, 6.07) is 3.68. The van der Waals surface area contributed by atoms with Crippen LogP contribution in [0.5, 0.6) is 0 Å². The van der Waals surface area contributed by atoms with Gasteiger partial charge in [-0.1, -0.05) is 0 Å². The SMILES string of the molecule is CNCc1ccc(CN2C(=O)C3CC3C2=O)o1. The van der Waals surface area contributed by atoms with E-state index in [2.05, 4.69) is 5.32 Å². The van der Waals surface area contributed by atoms with Crippen molar-refractivity contribution in [1.29, 1.82) is 0 Å². The lowest BCUT2D eigenvalue weighted by Crippen LogP contribution is -2.32. The Bertz CT molecular complexity index is 460. The van der Waals surface area contributed by atoms with Gasteiger partial charge in [0.2, 0.25) is 11.8 Å². The van der Waals surface area contributed by atoms with E-state index in [9.17, 15) is 9.59 Å². The number of piperidine rings is 1. The molecule has 2 unspecified atom stereocenters. The first-order valence-electron chi connectivity index (χ1n) is 5.78. The first-order valence-corrected chi connectivity index (χ1v) is 5.78. The van der Waals surface area contributed by atoms with Gasteiger partial charge in [0.25, 0.3) is 0 Å². The van der Waals surface area contributed by atoms with Gasteiger partial charge < -0.3 is 9.73 Å². The zero-order chi connectivity index (χ0) is 12.0. The fourth-order valence-corrected chi connectivity index (χ4v) is 2.34. The lowest BCUT2D eigenvalue weighted by molar-refractivity contribution is -0.142. The molecule has 5 heteroatoms. The summed E-state index contributed by atoms with van der Waals surface area (Å²) in [5, 5.41) is 2.98. The second kappa shape index (κ2) is 3.70. The predicted octanol–water partition coefficient (Wildman–Crippen LogP) is 0.504. The molecule has 1 aromatic rings. The Kier molecular flexibility index (Phi) is 2.29. The van der Waals surface area contributed by atoms with Gasteiger partial charge in [0.15, 0.2) is 0 Å². The molecule has 1 aromatic heterocycles. The van der Waals surface area contributed by atoms with Crippen LogP contribution in [-0.2, 0) is 22.7 Å². The van der Waals surface area contributed by atoms with E-state index in [1.54, 1.807) is 0 Å². The van der Waals surface area contributed by atoms with Crippen LogP contribution >= 0.6 is 0 Å². The number of hydrogen-bond donors (Lipinski definition) is 1. The molecule has 1 aliphatic heterocycles. The molecular formula is C12H14N2O3. The third-order valence-electron chi connectivity index (χ3n) is 3.34. The highest BCUT2D eigenvalue weighted by molar-refractivity contribution is 6.08. The topological polar surface area (TPSA) is 62.6 Å². The van der Waals surface area contributed by atoms with Gasteiger partial charge in [0.1, 0.15) is 11.5 Å². The average Bonchev–Trinajstić information content (AvgIpc) is 2.94. The molecule has 0 spiro atoms. The van der Waals surface area contributed by atoms with Gasteiger partial charge in [-0.2, -0.15) is 0 Å². The number of furan rings is 1. The normalized spacial score (nSPS) is 26.5. The van der Waals surface area contributed by atoms with Gasteiger partial charge in [-0.3, -0.25) is 14.5 Å². The third-order valence-corrected chi connectivity index (χ3v) is 3.34. The molecule has 2 heterocycles. The molecule has 2 amide bonds. The number of carbonyl (C=O) groups is 2. The molecule has 3 rings (SSSR count). The minimum atomic E-state index is -0.0356. The first-order chi connectivity index (χ1) is 8.20. The van der Waals surface area contributed by atoms with Crippen molar-refractivity contribution < 1.29 is 14.0 Å². The molecule has 5 nitrogen and oxygen atoms in total. The van der Waals surface area contributed by atoms with Crippen LogP contribution in [0.2, 0.25) is 0 Å². The van der Waals surface area contributed by atoms with E-state index in [1.165, 1.54) is 4.90 Å². The van der Waals surface area contributed by atoms with E-state index in [1.807, 2.05) is 19.2 Å². The molecule has 2 atom stereocenters. The van der Waals surface area contributed by atoms with Crippen LogP contribution in [0.3, 0.4) is 0 Å². The van der Waals surface area contributed by atoms with Crippen LogP contribution < -0.4 is 5.32 Å². The predicted molar refractivity (Wildman–Crippen MR) is 58.6 cm³/mol. The molecule has 1 aliphatic carbocycles. The van der Waals surface area contributed by atoms with Crippen molar-refractivity contribution in [2.24, 2.45) is 11.8 Å². The van der Waals surface area contributed by atoms with E-state index in [-0.39, 0.29) is 30.2 Å². The number of likely N-dealkylation sites (tertiary alicyclic amines) is 1. The molecule has 90 valence electrons. The van der Waals surface area contributed by atoms with E-state index in [4.69, 9.17) is 4.42 Å². The van der Waals surface area contributed by atoms with Crippen molar-refractivity contribution >= 4 is 11.8 Å². The molecule has 1 N–H and O–H groups in total. The number of amides is 2. The molecule has 1 saturated heterocycles. The van der Waals surface area contributed by atoms with Crippen LogP contribution in [0.1, 0.15) is 17.9 Å². The molecular weight excluding hydrogens is 220 g/mol. The molecule has 2 aliphatic rings. The lowest BCUT2D eigenvalue weighted by atomic mass is 10.3. The van der Waals surface area contributed by atoms with Crippen LogP contribution in [0.25, 0.3) is 0 Å². The molecule has 0 aromatic carbocycles. The highest BCUT2D eigenvalue weighted by atomic mass is 16.3. The maximum absolute atomic E-state index is 11.7. The Morgan fingerprint density at radius 3 is 2.59 bits per heavy atom. The highest BCUT2D eigenvalue weighted by Gasteiger charge is 2.58. The molecule has 17 heavy (non-hydrogen) atoms. The number of carbonyl (C=O) groups excluding carboxylic acids is 2. The van der Waals surface area contributed by atoms with Crippen molar-refractivity contribution in [3.63, 3.8) is 0 Å². The van der Waals surface area contributed by atoms with E-state index < -0.39 is 0 Å². The number of rotatable bonds is 4. The number of imide groups is 1. The van der Waals surface area contributed by atoms with Crippen LogP contribution in [-0.4, -0.2) is 23.8 Å². The summed E-state index contributed by atoms with van der Waals surface area (Å²) in [5.41, 5.74) is 0. The smallest absolute Gasteiger partial charge is 0.233 e. The van der Waals surface area contributed by atoms with Crippen molar-refractivity contribution in [2.45, 2.75) is 19.5 Å². The van der Waals surface area contributed by atoms with Gasteiger partial charge in [-0.05, 0) is 25.6 Å². The van der Waals surface area contributed by atoms with Crippen molar-refractivity contribution in [3.05, 3.63) is 23.7 Å². The van der Waals surface area contributed by atoms with Gasteiger partial charge in [0.05, 0.1) is 24.9 Å². The summed E-state index contributed by atoms with van der Waals surface area (Å²) >= 11 is 0. The Morgan fingerprint density at radius 2 is 1.94 bits per heavy atom. The summed E-state index contributed by atoms with van der Waals surface area (Å²) in [6.07, 6.45) is 0.747. The summed E-state index contributed by atoms with van der Waals surface area (Å²) in [4.78, 5) is 24.8.